The summed E-state index contributed by atoms with van der Waals surface area (Å²) in [4.78, 5) is 32.6. The van der Waals surface area contributed by atoms with Crippen molar-refractivity contribution in [3.05, 3.63) is 104 Å². The average molecular weight is 465 g/mol. The number of rotatable bonds is 2. The molecule has 7 heteroatoms. The zero-order valence-corrected chi connectivity index (χ0v) is 17.3. The Kier molecular flexibility index (Phi) is 4.29. The van der Waals surface area contributed by atoms with E-state index in [-0.39, 0.29) is 22.3 Å². The number of nitrogens with zero attached hydrogens (tertiary/aromatic N) is 2. The third-order valence-electron chi connectivity index (χ3n) is 5.15. The molecule has 0 spiro atoms. The average Bonchev–Trinajstić information content (AvgIpc) is 3.01. The SMILES string of the molecule is Cc1cccc(N2C(=O)c3oc4ccc(Br)cc4c(=O)c3[C@H]2c2ccccc2F)n1. The van der Waals surface area contributed by atoms with Gasteiger partial charge in [-0.15, -0.1) is 0 Å². The summed E-state index contributed by atoms with van der Waals surface area (Å²) in [5.41, 5.74) is 0.927. The van der Waals surface area contributed by atoms with E-state index in [1.165, 1.54) is 11.0 Å². The minimum absolute atomic E-state index is 0.0913. The van der Waals surface area contributed by atoms with Crippen molar-refractivity contribution in [2.75, 3.05) is 4.90 Å². The molecule has 2 aromatic heterocycles. The van der Waals surface area contributed by atoms with Crippen LogP contribution in [0.3, 0.4) is 0 Å². The smallest absolute Gasteiger partial charge is 0.296 e. The van der Waals surface area contributed by atoms with E-state index in [9.17, 15) is 14.0 Å². The van der Waals surface area contributed by atoms with Crippen molar-refractivity contribution in [3.8, 4) is 0 Å². The van der Waals surface area contributed by atoms with Gasteiger partial charge in [-0.1, -0.05) is 40.2 Å². The van der Waals surface area contributed by atoms with Crippen LogP contribution >= 0.6 is 15.9 Å². The Bertz CT molecular complexity index is 1400. The number of carbonyl (C=O) groups excluding carboxylic acids is 1. The normalized spacial score (nSPS) is 15.6. The van der Waals surface area contributed by atoms with Crippen LogP contribution in [-0.2, 0) is 0 Å². The first-order valence-corrected chi connectivity index (χ1v) is 10.0. The van der Waals surface area contributed by atoms with Crippen LogP contribution in [0.2, 0.25) is 0 Å². The Labute approximate surface area is 178 Å². The number of carbonyl (C=O) groups is 1. The largest absolute Gasteiger partial charge is 0.450 e. The molecule has 0 saturated carbocycles. The van der Waals surface area contributed by atoms with Crippen LogP contribution in [0.5, 0.6) is 0 Å². The molecule has 0 fully saturated rings. The second-order valence-electron chi connectivity index (χ2n) is 7.05. The molecule has 30 heavy (non-hydrogen) atoms. The van der Waals surface area contributed by atoms with Crippen molar-refractivity contribution in [2.45, 2.75) is 13.0 Å². The van der Waals surface area contributed by atoms with Crippen LogP contribution < -0.4 is 10.3 Å². The molecule has 0 bridgehead atoms. The quantitative estimate of drug-likeness (QED) is 0.411. The highest BCUT2D eigenvalue weighted by atomic mass is 79.9. The van der Waals surface area contributed by atoms with Crippen LogP contribution in [0.15, 0.2) is 74.3 Å². The summed E-state index contributed by atoms with van der Waals surface area (Å²) in [6.07, 6.45) is 0. The topological polar surface area (TPSA) is 63.4 Å². The lowest BCUT2D eigenvalue weighted by molar-refractivity contribution is 0.0970. The van der Waals surface area contributed by atoms with Gasteiger partial charge < -0.3 is 4.42 Å². The van der Waals surface area contributed by atoms with Gasteiger partial charge >= 0.3 is 0 Å². The number of hydrogen-bond acceptors (Lipinski definition) is 4. The molecular weight excluding hydrogens is 451 g/mol. The zero-order chi connectivity index (χ0) is 21.0. The van der Waals surface area contributed by atoms with E-state index < -0.39 is 17.8 Å². The highest BCUT2D eigenvalue weighted by Gasteiger charge is 2.45. The lowest BCUT2D eigenvalue weighted by Gasteiger charge is -2.24. The number of aromatic nitrogens is 1. The fourth-order valence-electron chi connectivity index (χ4n) is 3.84. The fourth-order valence-corrected chi connectivity index (χ4v) is 4.20. The molecule has 1 aliphatic rings. The molecule has 1 atom stereocenters. The number of benzene rings is 2. The van der Waals surface area contributed by atoms with Gasteiger partial charge in [-0.25, -0.2) is 9.37 Å². The molecule has 3 heterocycles. The van der Waals surface area contributed by atoms with Crippen molar-refractivity contribution >= 4 is 38.6 Å². The van der Waals surface area contributed by atoms with Crippen molar-refractivity contribution in [2.24, 2.45) is 0 Å². The third kappa shape index (κ3) is 2.77. The Morgan fingerprint density at radius 3 is 2.63 bits per heavy atom. The van der Waals surface area contributed by atoms with Crippen molar-refractivity contribution in [1.82, 2.24) is 4.98 Å². The van der Waals surface area contributed by atoms with E-state index >= 15 is 0 Å². The minimum Gasteiger partial charge on any atom is -0.450 e. The number of fused-ring (bicyclic) bond motifs is 2. The highest BCUT2D eigenvalue weighted by molar-refractivity contribution is 9.10. The van der Waals surface area contributed by atoms with Gasteiger partial charge in [-0.3, -0.25) is 14.5 Å². The van der Waals surface area contributed by atoms with Gasteiger partial charge in [-0.2, -0.15) is 0 Å². The molecule has 1 aliphatic heterocycles. The number of aryl methyl sites for hydroxylation is 1. The van der Waals surface area contributed by atoms with Gasteiger partial charge in [-0.05, 0) is 43.3 Å². The Hall–Kier alpha value is -3.32. The monoisotopic (exact) mass is 464 g/mol. The first-order valence-electron chi connectivity index (χ1n) is 9.23. The lowest BCUT2D eigenvalue weighted by atomic mass is 9.98. The number of amides is 1. The second kappa shape index (κ2) is 6.88. The molecule has 0 N–H and O–H groups in total. The van der Waals surface area contributed by atoms with Gasteiger partial charge in [0.25, 0.3) is 5.91 Å². The van der Waals surface area contributed by atoms with Gasteiger partial charge in [0.15, 0.2) is 5.43 Å². The Morgan fingerprint density at radius 2 is 1.87 bits per heavy atom. The summed E-state index contributed by atoms with van der Waals surface area (Å²) < 4.78 is 21.4. The van der Waals surface area contributed by atoms with E-state index in [1.54, 1.807) is 61.5 Å². The molecule has 0 unspecified atom stereocenters. The molecule has 0 aliphatic carbocycles. The zero-order valence-electron chi connectivity index (χ0n) is 15.7. The van der Waals surface area contributed by atoms with Crippen LogP contribution in [0.25, 0.3) is 11.0 Å². The van der Waals surface area contributed by atoms with Crippen LogP contribution in [0, 0.1) is 12.7 Å². The summed E-state index contributed by atoms with van der Waals surface area (Å²) >= 11 is 3.36. The van der Waals surface area contributed by atoms with E-state index in [0.29, 0.717) is 27.0 Å². The molecule has 0 radical (unpaired) electrons. The second-order valence-corrected chi connectivity index (χ2v) is 7.97. The lowest BCUT2D eigenvalue weighted by Crippen LogP contribution is -2.31. The number of halogens is 2. The Balaban J connectivity index is 1.86. The summed E-state index contributed by atoms with van der Waals surface area (Å²) in [7, 11) is 0. The van der Waals surface area contributed by atoms with Crippen LogP contribution in [0.1, 0.15) is 33.4 Å². The summed E-state index contributed by atoms with van der Waals surface area (Å²) in [5.74, 6) is -0.816. The maximum Gasteiger partial charge on any atom is 0.296 e. The maximum atomic E-state index is 14.8. The highest BCUT2D eigenvalue weighted by Crippen LogP contribution is 2.41. The predicted molar refractivity (Wildman–Crippen MR) is 114 cm³/mol. The van der Waals surface area contributed by atoms with E-state index in [4.69, 9.17) is 4.42 Å². The molecule has 5 rings (SSSR count). The van der Waals surface area contributed by atoms with Gasteiger partial charge in [0.2, 0.25) is 5.76 Å². The molecule has 5 nitrogen and oxygen atoms in total. The summed E-state index contributed by atoms with van der Waals surface area (Å²) in [5, 5.41) is 0.316. The van der Waals surface area contributed by atoms with Gasteiger partial charge in [0.1, 0.15) is 17.2 Å². The van der Waals surface area contributed by atoms with Crippen molar-refractivity contribution in [1.29, 1.82) is 0 Å². The molecule has 0 saturated heterocycles. The van der Waals surface area contributed by atoms with E-state index in [1.807, 2.05) is 0 Å². The summed E-state index contributed by atoms with van der Waals surface area (Å²) in [6, 6.07) is 15.3. The summed E-state index contributed by atoms with van der Waals surface area (Å²) in [6.45, 7) is 1.80. The van der Waals surface area contributed by atoms with Crippen LogP contribution in [0.4, 0.5) is 10.2 Å². The van der Waals surface area contributed by atoms with Gasteiger partial charge in [0.05, 0.1) is 17.0 Å². The number of hydrogen-bond donors (Lipinski definition) is 0. The van der Waals surface area contributed by atoms with Crippen molar-refractivity contribution in [3.63, 3.8) is 0 Å². The van der Waals surface area contributed by atoms with Crippen LogP contribution in [-0.4, -0.2) is 10.9 Å². The molecule has 4 aromatic rings. The third-order valence-corrected chi connectivity index (χ3v) is 5.65. The Morgan fingerprint density at radius 1 is 1.07 bits per heavy atom. The number of pyridine rings is 1. The van der Waals surface area contributed by atoms with Crippen molar-refractivity contribution < 1.29 is 13.6 Å². The van der Waals surface area contributed by atoms with E-state index in [2.05, 4.69) is 20.9 Å². The fraction of sp³-hybridized carbons (Fsp3) is 0.0870. The molecule has 2 aromatic carbocycles. The first kappa shape index (κ1) is 18.7. The number of anilines is 1. The molecular formula is C23H14BrFN2O3. The van der Waals surface area contributed by atoms with Gasteiger partial charge in [0, 0.05) is 15.7 Å². The first-order chi connectivity index (χ1) is 14.5. The maximum absolute atomic E-state index is 14.8. The standard InChI is InChI=1S/C23H14BrFN2O3/c1-12-5-4-8-18(26-12)27-20(14-6-2-3-7-16(14)25)19-21(28)15-11-13(24)9-10-17(15)30-22(19)23(27)29/h2-11,20H,1H3/t20-/m1/s1. The van der Waals surface area contributed by atoms with E-state index in [0.717, 1.165) is 0 Å². The predicted octanol–water partition coefficient (Wildman–Crippen LogP) is 5.15. The molecule has 148 valence electrons. The molecule has 1 amide bonds. The minimum atomic E-state index is -0.984.